The van der Waals surface area contributed by atoms with Crippen molar-refractivity contribution in [3.63, 3.8) is 0 Å². The smallest absolute Gasteiger partial charge is 0.248 e. The van der Waals surface area contributed by atoms with Gasteiger partial charge in [-0.2, -0.15) is 0 Å². The molecule has 1 aliphatic rings. The lowest BCUT2D eigenvalue weighted by molar-refractivity contribution is -0.197. The van der Waals surface area contributed by atoms with Gasteiger partial charge in [-0.05, 0) is 19.8 Å². The Morgan fingerprint density at radius 2 is 2.38 bits per heavy atom. The number of amides is 1. The lowest BCUT2D eigenvalue weighted by Gasteiger charge is -2.25. The lowest BCUT2D eigenvalue weighted by Crippen LogP contribution is -2.36. The van der Waals surface area contributed by atoms with Crippen LogP contribution in [0.2, 0.25) is 0 Å². The first-order valence-corrected chi connectivity index (χ1v) is 4.85. The van der Waals surface area contributed by atoms with Crippen molar-refractivity contribution in [2.24, 2.45) is 0 Å². The topological polar surface area (TPSA) is 38.8 Å². The number of carbonyl (C=O) groups excluding carboxylic acids is 1. The molecule has 0 aromatic heterocycles. The zero-order chi connectivity index (χ0) is 9.52. The second-order valence-corrected chi connectivity index (χ2v) is 2.98. The number of carbonyl (C=O) groups is 1. The Kier molecular flexibility index (Phi) is 4.78. The third-order valence-corrected chi connectivity index (χ3v) is 1.95. The summed E-state index contributed by atoms with van der Waals surface area (Å²) < 4.78 is 5.09. The van der Waals surface area contributed by atoms with Gasteiger partial charge in [-0.15, -0.1) is 0 Å². The van der Waals surface area contributed by atoms with Gasteiger partial charge < -0.3 is 4.74 Å². The summed E-state index contributed by atoms with van der Waals surface area (Å²) in [7, 11) is 0. The van der Waals surface area contributed by atoms with Crippen molar-refractivity contribution in [1.29, 1.82) is 0 Å². The Morgan fingerprint density at radius 1 is 1.54 bits per heavy atom. The normalized spacial score (nSPS) is 17.5. The number of hydrogen-bond acceptors (Lipinski definition) is 3. The minimum atomic E-state index is 0.0353. The zero-order valence-electron chi connectivity index (χ0n) is 8.12. The molecule has 1 amide bonds. The van der Waals surface area contributed by atoms with Gasteiger partial charge in [0.05, 0.1) is 19.6 Å². The van der Waals surface area contributed by atoms with E-state index < -0.39 is 0 Å². The van der Waals surface area contributed by atoms with Crippen LogP contribution in [0.25, 0.3) is 0 Å². The van der Waals surface area contributed by atoms with E-state index in [1.807, 2.05) is 6.92 Å². The van der Waals surface area contributed by atoms with Gasteiger partial charge in [0.1, 0.15) is 0 Å². The fourth-order valence-corrected chi connectivity index (χ4v) is 1.22. The number of ether oxygens (including phenoxy) is 1. The van der Waals surface area contributed by atoms with E-state index in [-0.39, 0.29) is 5.91 Å². The van der Waals surface area contributed by atoms with Gasteiger partial charge in [0.15, 0.2) is 0 Å². The first kappa shape index (κ1) is 10.5. The van der Waals surface area contributed by atoms with Crippen molar-refractivity contribution in [3.05, 3.63) is 0 Å². The predicted octanol–water partition coefficient (Wildman–Crippen LogP) is 0.967. The van der Waals surface area contributed by atoms with Crippen LogP contribution < -0.4 is 0 Å². The van der Waals surface area contributed by atoms with E-state index in [1.54, 1.807) is 0 Å². The number of hydrogen-bond donors (Lipinski definition) is 0. The maximum Gasteiger partial charge on any atom is 0.248 e. The highest BCUT2D eigenvalue weighted by Gasteiger charge is 2.16. The van der Waals surface area contributed by atoms with Crippen LogP contribution in [0.4, 0.5) is 0 Å². The number of hydroxylamine groups is 2. The van der Waals surface area contributed by atoms with E-state index in [9.17, 15) is 4.79 Å². The minimum Gasteiger partial charge on any atom is -0.381 e. The van der Waals surface area contributed by atoms with E-state index >= 15 is 0 Å². The van der Waals surface area contributed by atoms with Crippen LogP contribution >= 0.6 is 0 Å². The third-order valence-electron chi connectivity index (χ3n) is 1.95. The SMILES string of the molecule is CCOCCC(=O)N1CCCCO1. The van der Waals surface area contributed by atoms with Crippen LogP contribution in [-0.4, -0.2) is 37.3 Å². The number of nitrogens with zero attached hydrogens (tertiary/aromatic N) is 1. The van der Waals surface area contributed by atoms with E-state index in [0.29, 0.717) is 26.2 Å². The summed E-state index contributed by atoms with van der Waals surface area (Å²) in [6, 6.07) is 0. The van der Waals surface area contributed by atoms with Gasteiger partial charge in [0, 0.05) is 13.2 Å². The summed E-state index contributed by atoms with van der Waals surface area (Å²) >= 11 is 0. The maximum absolute atomic E-state index is 11.4. The molecule has 0 unspecified atom stereocenters. The molecule has 4 heteroatoms. The van der Waals surface area contributed by atoms with Gasteiger partial charge in [-0.25, -0.2) is 5.06 Å². The Bertz CT molecular complexity index is 155. The quantitative estimate of drug-likeness (QED) is 0.615. The summed E-state index contributed by atoms with van der Waals surface area (Å²) in [6.07, 6.45) is 2.52. The lowest BCUT2D eigenvalue weighted by atomic mass is 10.3. The third kappa shape index (κ3) is 3.74. The molecule has 0 bridgehead atoms. The summed E-state index contributed by atoms with van der Waals surface area (Å²) in [5, 5.41) is 1.46. The second kappa shape index (κ2) is 5.94. The summed E-state index contributed by atoms with van der Waals surface area (Å²) in [6.45, 7) is 4.47. The maximum atomic E-state index is 11.4. The van der Waals surface area contributed by atoms with Crippen molar-refractivity contribution >= 4 is 5.91 Å². The molecular formula is C9H17NO3. The highest BCUT2D eigenvalue weighted by atomic mass is 16.7. The summed E-state index contributed by atoms with van der Waals surface area (Å²) in [5.74, 6) is 0.0353. The average molecular weight is 187 g/mol. The summed E-state index contributed by atoms with van der Waals surface area (Å²) in [5.41, 5.74) is 0. The monoisotopic (exact) mass is 187 g/mol. The average Bonchev–Trinajstić information content (AvgIpc) is 2.19. The van der Waals surface area contributed by atoms with E-state index in [2.05, 4.69) is 0 Å². The zero-order valence-corrected chi connectivity index (χ0v) is 8.12. The van der Waals surface area contributed by atoms with Crippen LogP contribution in [0.3, 0.4) is 0 Å². The molecule has 1 rings (SSSR count). The molecule has 1 saturated heterocycles. The molecule has 0 N–H and O–H groups in total. The van der Waals surface area contributed by atoms with Gasteiger partial charge in [0.2, 0.25) is 5.91 Å². The molecule has 0 aliphatic carbocycles. The molecule has 76 valence electrons. The van der Waals surface area contributed by atoms with Crippen molar-refractivity contribution in [3.8, 4) is 0 Å². The molecule has 4 nitrogen and oxygen atoms in total. The molecule has 0 radical (unpaired) electrons. The van der Waals surface area contributed by atoms with Gasteiger partial charge in [0.25, 0.3) is 0 Å². The standard InChI is InChI=1S/C9H17NO3/c1-2-12-8-5-9(11)10-6-3-4-7-13-10/h2-8H2,1H3. The largest absolute Gasteiger partial charge is 0.381 e. The summed E-state index contributed by atoms with van der Waals surface area (Å²) in [4.78, 5) is 16.6. The van der Waals surface area contributed by atoms with E-state index in [0.717, 1.165) is 19.4 Å². The van der Waals surface area contributed by atoms with Crippen LogP contribution in [0, 0.1) is 0 Å². The highest BCUT2D eigenvalue weighted by Crippen LogP contribution is 2.07. The molecule has 0 spiro atoms. The first-order chi connectivity index (χ1) is 6.34. The Balaban J connectivity index is 2.13. The molecular weight excluding hydrogens is 170 g/mol. The molecule has 13 heavy (non-hydrogen) atoms. The second-order valence-electron chi connectivity index (χ2n) is 2.98. The Morgan fingerprint density at radius 3 is 3.00 bits per heavy atom. The fraction of sp³-hybridized carbons (Fsp3) is 0.889. The van der Waals surface area contributed by atoms with Gasteiger partial charge in [-0.1, -0.05) is 0 Å². The molecule has 0 aromatic rings. The Hall–Kier alpha value is -0.610. The van der Waals surface area contributed by atoms with Crippen LogP contribution in [-0.2, 0) is 14.4 Å². The first-order valence-electron chi connectivity index (χ1n) is 4.85. The van der Waals surface area contributed by atoms with Gasteiger partial charge >= 0.3 is 0 Å². The van der Waals surface area contributed by atoms with Crippen molar-refractivity contribution in [1.82, 2.24) is 5.06 Å². The molecule has 1 aliphatic heterocycles. The van der Waals surface area contributed by atoms with Gasteiger partial charge in [-0.3, -0.25) is 9.63 Å². The van der Waals surface area contributed by atoms with Crippen LogP contribution in [0.5, 0.6) is 0 Å². The number of rotatable bonds is 4. The van der Waals surface area contributed by atoms with Crippen LogP contribution in [0.15, 0.2) is 0 Å². The molecule has 0 aromatic carbocycles. The van der Waals surface area contributed by atoms with Crippen molar-refractivity contribution in [2.75, 3.05) is 26.4 Å². The Labute approximate surface area is 78.8 Å². The van der Waals surface area contributed by atoms with Crippen molar-refractivity contribution in [2.45, 2.75) is 26.2 Å². The molecule has 0 atom stereocenters. The predicted molar refractivity (Wildman–Crippen MR) is 48.0 cm³/mol. The fourth-order valence-electron chi connectivity index (χ4n) is 1.22. The molecule has 1 fully saturated rings. The van der Waals surface area contributed by atoms with E-state index in [4.69, 9.17) is 9.57 Å². The van der Waals surface area contributed by atoms with Crippen LogP contribution in [0.1, 0.15) is 26.2 Å². The molecule has 0 saturated carbocycles. The van der Waals surface area contributed by atoms with Crippen molar-refractivity contribution < 1.29 is 14.4 Å². The highest BCUT2D eigenvalue weighted by molar-refractivity contribution is 5.75. The van der Waals surface area contributed by atoms with E-state index in [1.165, 1.54) is 5.06 Å². The molecule has 1 heterocycles. The minimum absolute atomic E-state index is 0.0353.